The summed E-state index contributed by atoms with van der Waals surface area (Å²) in [6, 6.07) is 76.7. The van der Waals surface area contributed by atoms with Gasteiger partial charge in [-0.1, -0.05) is 147 Å². The highest BCUT2D eigenvalue weighted by Gasteiger charge is 2.36. The van der Waals surface area contributed by atoms with Crippen molar-refractivity contribution in [2.45, 2.75) is 19.3 Å². The van der Waals surface area contributed by atoms with Crippen molar-refractivity contribution in [3.8, 4) is 44.8 Å². The summed E-state index contributed by atoms with van der Waals surface area (Å²) < 4.78 is 4.84. The Morgan fingerprint density at radius 1 is 0.295 bits per heavy atom. The molecule has 0 aliphatic heterocycles. The molecule has 0 saturated heterocycles. The Labute approximate surface area is 354 Å². The molecular formula is C59H40N2. The smallest absolute Gasteiger partial charge is 0.0541 e. The summed E-state index contributed by atoms with van der Waals surface area (Å²) in [7, 11) is 0. The number of nitrogens with zero attached hydrogens (tertiary/aromatic N) is 2. The highest BCUT2D eigenvalue weighted by Crippen LogP contribution is 2.51. The van der Waals surface area contributed by atoms with Crippen LogP contribution >= 0.6 is 0 Å². The molecule has 12 aromatic rings. The summed E-state index contributed by atoms with van der Waals surface area (Å²) in [5.74, 6) is 0. The van der Waals surface area contributed by atoms with Crippen molar-refractivity contribution in [1.29, 1.82) is 0 Å². The normalized spacial score (nSPS) is 13.2. The van der Waals surface area contributed by atoms with Crippen molar-refractivity contribution < 1.29 is 0 Å². The Morgan fingerprint density at radius 3 is 1.15 bits per heavy atom. The monoisotopic (exact) mass is 776 g/mol. The van der Waals surface area contributed by atoms with E-state index in [0.29, 0.717) is 0 Å². The highest BCUT2D eigenvalue weighted by molar-refractivity contribution is 6.12. The fourth-order valence-corrected chi connectivity index (χ4v) is 10.6. The summed E-state index contributed by atoms with van der Waals surface area (Å²) >= 11 is 0. The maximum Gasteiger partial charge on any atom is 0.0541 e. The van der Waals surface area contributed by atoms with Crippen LogP contribution < -0.4 is 0 Å². The summed E-state index contributed by atoms with van der Waals surface area (Å²) in [6.45, 7) is 4.79. The summed E-state index contributed by atoms with van der Waals surface area (Å²) in [5.41, 5.74) is 17.5. The Morgan fingerprint density at radius 2 is 0.672 bits per heavy atom. The van der Waals surface area contributed by atoms with Gasteiger partial charge in [-0.3, -0.25) is 0 Å². The number of fused-ring (bicyclic) bond motifs is 11. The fourth-order valence-electron chi connectivity index (χ4n) is 10.6. The first-order chi connectivity index (χ1) is 30.0. The number of para-hydroxylation sites is 2. The van der Waals surface area contributed by atoms with E-state index in [9.17, 15) is 0 Å². The molecule has 0 fully saturated rings. The molecule has 61 heavy (non-hydrogen) atoms. The first-order valence-electron chi connectivity index (χ1n) is 21.3. The molecule has 1 aliphatic rings. The Bertz CT molecular complexity index is 3550. The maximum absolute atomic E-state index is 2.45. The Balaban J connectivity index is 0.882. The van der Waals surface area contributed by atoms with E-state index in [2.05, 4.69) is 229 Å². The first kappa shape index (κ1) is 34.2. The van der Waals surface area contributed by atoms with Crippen LogP contribution in [-0.2, 0) is 5.41 Å². The largest absolute Gasteiger partial charge is 0.309 e. The predicted octanol–water partition coefficient (Wildman–Crippen LogP) is 15.8. The molecule has 2 nitrogen and oxygen atoms in total. The van der Waals surface area contributed by atoms with Crippen molar-refractivity contribution in [3.63, 3.8) is 0 Å². The molecule has 0 unspecified atom stereocenters. The maximum atomic E-state index is 2.45. The van der Waals surface area contributed by atoms with Gasteiger partial charge in [-0.05, 0) is 139 Å². The zero-order valence-corrected chi connectivity index (χ0v) is 34.0. The van der Waals surface area contributed by atoms with Gasteiger partial charge < -0.3 is 9.13 Å². The average molecular weight is 777 g/mol. The molecule has 1 aliphatic carbocycles. The molecule has 2 heteroatoms. The van der Waals surface area contributed by atoms with Crippen LogP contribution in [0.2, 0.25) is 0 Å². The van der Waals surface area contributed by atoms with E-state index in [1.54, 1.807) is 0 Å². The van der Waals surface area contributed by atoms with E-state index in [-0.39, 0.29) is 5.41 Å². The molecule has 0 radical (unpaired) electrons. The number of benzene rings is 10. The quantitative estimate of drug-likeness (QED) is 0.168. The van der Waals surface area contributed by atoms with Crippen LogP contribution in [0.1, 0.15) is 25.0 Å². The number of hydrogen-bond donors (Lipinski definition) is 0. The SMILES string of the molecule is CC1(C)c2cc(-c3ccc4c(c3)c3ccccc3n4-c3ccc4ccccc4c3)ccc2-c2ccc(-c3ccc4c(c3)c3ccccc3n4-c3ccc4ccccc4c3)cc21. The molecule has 286 valence electrons. The third kappa shape index (κ3) is 5.03. The third-order valence-electron chi connectivity index (χ3n) is 13.7. The molecule has 0 N–H and O–H groups in total. The van der Waals surface area contributed by atoms with Crippen LogP contribution in [-0.4, -0.2) is 9.13 Å². The van der Waals surface area contributed by atoms with Crippen LogP contribution in [0.3, 0.4) is 0 Å². The van der Waals surface area contributed by atoms with E-state index in [1.165, 1.54) is 121 Å². The summed E-state index contributed by atoms with van der Waals surface area (Å²) in [6.07, 6.45) is 0. The summed E-state index contributed by atoms with van der Waals surface area (Å²) in [5, 5.41) is 10.1. The molecule has 0 bridgehead atoms. The Kier molecular flexibility index (Phi) is 7.10. The van der Waals surface area contributed by atoms with Gasteiger partial charge in [-0.15, -0.1) is 0 Å². The lowest BCUT2D eigenvalue weighted by molar-refractivity contribution is 0.661. The molecular weight excluding hydrogens is 737 g/mol. The minimum Gasteiger partial charge on any atom is -0.309 e. The van der Waals surface area contributed by atoms with E-state index in [0.717, 1.165) is 0 Å². The third-order valence-corrected chi connectivity index (χ3v) is 13.7. The zero-order chi connectivity index (χ0) is 40.4. The van der Waals surface area contributed by atoms with Gasteiger partial charge >= 0.3 is 0 Å². The van der Waals surface area contributed by atoms with Crippen LogP contribution in [0.4, 0.5) is 0 Å². The van der Waals surface area contributed by atoms with Crippen LogP contribution in [0.5, 0.6) is 0 Å². The lowest BCUT2D eigenvalue weighted by Gasteiger charge is -2.22. The number of hydrogen-bond acceptors (Lipinski definition) is 0. The molecule has 0 amide bonds. The highest BCUT2D eigenvalue weighted by atomic mass is 15.0. The number of aromatic nitrogens is 2. The fraction of sp³-hybridized carbons (Fsp3) is 0.0508. The standard InChI is InChI=1S/C59H40N2/c1-59(2)53-35-43(41-23-29-57-51(33-41)49-15-7-9-17-55(49)60(57)45-25-19-37-11-3-5-13-39(37)31-45)21-27-47(53)48-28-22-44(36-54(48)59)42-24-30-58-52(34-42)50-16-8-10-18-56(50)61(58)46-26-20-38-12-4-6-14-40(38)32-46/h3-36H,1-2H3. The van der Waals surface area contributed by atoms with Gasteiger partial charge in [0.2, 0.25) is 0 Å². The topological polar surface area (TPSA) is 9.86 Å². The molecule has 0 saturated carbocycles. The molecule has 13 rings (SSSR count). The van der Waals surface area contributed by atoms with E-state index < -0.39 is 0 Å². The zero-order valence-electron chi connectivity index (χ0n) is 34.0. The summed E-state index contributed by atoms with van der Waals surface area (Å²) in [4.78, 5) is 0. The average Bonchev–Trinajstić information content (AvgIpc) is 3.90. The molecule has 0 spiro atoms. The second-order valence-electron chi connectivity index (χ2n) is 17.4. The number of rotatable bonds is 4. The molecule has 2 aromatic heterocycles. The van der Waals surface area contributed by atoms with Crippen molar-refractivity contribution >= 4 is 65.2 Å². The van der Waals surface area contributed by atoms with E-state index in [4.69, 9.17) is 0 Å². The van der Waals surface area contributed by atoms with Gasteiger partial charge in [0.05, 0.1) is 22.1 Å². The van der Waals surface area contributed by atoms with Gasteiger partial charge in [0, 0.05) is 38.3 Å². The van der Waals surface area contributed by atoms with Crippen LogP contribution in [0.15, 0.2) is 206 Å². The van der Waals surface area contributed by atoms with Crippen LogP contribution in [0.25, 0.3) is 110 Å². The molecule has 0 atom stereocenters. The van der Waals surface area contributed by atoms with Gasteiger partial charge in [0.1, 0.15) is 0 Å². The van der Waals surface area contributed by atoms with Crippen molar-refractivity contribution in [1.82, 2.24) is 9.13 Å². The van der Waals surface area contributed by atoms with Crippen LogP contribution in [0, 0.1) is 0 Å². The first-order valence-corrected chi connectivity index (χ1v) is 21.3. The molecule has 10 aromatic carbocycles. The van der Waals surface area contributed by atoms with Crippen molar-refractivity contribution in [3.05, 3.63) is 217 Å². The van der Waals surface area contributed by atoms with E-state index in [1.807, 2.05) is 0 Å². The van der Waals surface area contributed by atoms with Crippen molar-refractivity contribution in [2.24, 2.45) is 0 Å². The molecule has 2 heterocycles. The second-order valence-corrected chi connectivity index (χ2v) is 17.4. The van der Waals surface area contributed by atoms with E-state index >= 15 is 0 Å². The van der Waals surface area contributed by atoms with Gasteiger partial charge in [0.15, 0.2) is 0 Å². The van der Waals surface area contributed by atoms with Crippen molar-refractivity contribution in [2.75, 3.05) is 0 Å². The minimum absolute atomic E-state index is 0.164. The van der Waals surface area contributed by atoms with Gasteiger partial charge in [0.25, 0.3) is 0 Å². The van der Waals surface area contributed by atoms with Gasteiger partial charge in [-0.25, -0.2) is 0 Å². The lowest BCUT2D eigenvalue weighted by Crippen LogP contribution is -2.15. The predicted molar refractivity (Wildman–Crippen MR) is 259 cm³/mol. The second kappa shape index (κ2) is 12.7. The Hall–Kier alpha value is -7.68. The lowest BCUT2D eigenvalue weighted by atomic mass is 9.80. The van der Waals surface area contributed by atoms with Gasteiger partial charge in [-0.2, -0.15) is 0 Å². The minimum atomic E-state index is -0.164.